The number of esters is 1. The first-order chi connectivity index (χ1) is 11.2. The molecule has 0 saturated carbocycles. The summed E-state index contributed by atoms with van der Waals surface area (Å²) in [5, 5.41) is 15.2. The van der Waals surface area contributed by atoms with Gasteiger partial charge in [0.05, 0.1) is 6.61 Å². The van der Waals surface area contributed by atoms with E-state index in [0.717, 1.165) is 31.6 Å². The minimum absolute atomic E-state index is 0.180. The Labute approximate surface area is 139 Å². The van der Waals surface area contributed by atoms with E-state index in [1.54, 1.807) is 13.1 Å². The van der Waals surface area contributed by atoms with E-state index in [1.807, 2.05) is 6.07 Å². The van der Waals surface area contributed by atoms with Crippen molar-refractivity contribution < 1.29 is 9.53 Å². The molecule has 2 aromatic rings. The predicted octanol–water partition coefficient (Wildman–Crippen LogP) is 2.41. The average molecular weight is 336 g/mol. The Morgan fingerprint density at radius 1 is 1.52 bits per heavy atom. The van der Waals surface area contributed by atoms with Gasteiger partial charge in [0, 0.05) is 30.9 Å². The lowest BCUT2D eigenvalue weighted by Crippen LogP contribution is -2.36. The van der Waals surface area contributed by atoms with E-state index < -0.39 is 5.97 Å². The quantitative estimate of drug-likeness (QED) is 0.864. The average Bonchev–Trinajstić information content (AvgIpc) is 3.09. The maximum absolute atomic E-state index is 12.2. The van der Waals surface area contributed by atoms with Crippen molar-refractivity contribution in [1.82, 2.24) is 20.4 Å². The molecule has 0 aliphatic carbocycles. The first kappa shape index (κ1) is 15.7. The molecule has 1 aliphatic rings. The molecule has 1 aliphatic heterocycles. The lowest BCUT2D eigenvalue weighted by Gasteiger charge is -2.33. The molecule has 122 valence electrons. The van der Waals surface area contributed by atoms with Gasteiger partial charge in [0.1, 0.15) is 5.56 Å². The fourth-order valence-corrected chi connectivity index (χ4v) is 3.02. The van der Waals surface area contributed by atoms with Crippen LogP contribution in [0.5, 0.6) is 0 Å². The molecule has 2 aromatic heterocycles. The van der Waals surface area contributed by atoms with Crippen LogP contribution >= 0.6 is 11.6 Å². The molecule has 23 heavy (non-hydrogen) atoms. The molecule has 1 N–H and O–H groups in total. The maximum Gasteiger partial charge on any atom is 0.342 e. The van der Waals surface area contributed by atoms with Crippen LogP contribution in [0.2, 0.25) is 5.15 Å². The minimum atomic E-state index is -0.428. The van der Waals surface area contributed by atoms with E-state index in [-0.39, 0.29) is 5.15 Å². The number of hydrogen-bond acceptors (Lipinski definition) is 6. The Balaban J connectivity index is 1.87. The highest BCUT2D eigenvalue weighted by molar-refractivity contribution is 6.29. The van der Waals surface area contributed by atoms with E-state index in [9.17, 15) is 4.79 Å². The number of ether oxygens (including phenoxy) is 1. The fraction of sp³-hybridized carbons (Fsp3) is 0.467. The first-order valence-corrected chi connectivity index (χ1v) is 8.01. The van der Waals surface area contributed by atoms with Gasteiger partial charge < -0.3 is 9.64 Å². The largest absolute Gasteiger partial charge is 0.462 e. The third-order valence-corrected chi connectivity index (χ3v) is 4.11. The number of aromatic amines is 1. The maximum atomic E-state index is 12.2. The molecule has 8 heteroatoms. The zero-order chi connectivity index (χ0) is 16.2. The molecule has 3 rings (SSSR count). The van der Waals surface area contributed by atoms with Crippen molar-refractivity contribution in [3.8, 4) is 0 Å². The summed E-state index contributed by atoms with van der Waals surface area (Å²) in [5.74, 6) is 0.416. The Morgan fingerprint density at radius 2 is 2.39 bits per heavy atom. The van der Waals surface area contributed by atoms with Gasteiger partial charge in [-0.1, -0.05) is 11.6 Å². The number of aromatic nitrogens is 4. The van der Waals surface area contributed by atoms with E-state index in [2.05, 4.69) is 25.3 Å². The van der Waals surface area contributed by atoms with Crippen LogP contribution in [-0.4, -0.2) is 46.1 Å². The lowest BCUT2D eigenvalue weighted by atomic mass is 9.94. The topological polar surface area (TPSA) is 84.0 Å². The molecular weight excluding hydrogens is 318 g/mol. The summed E-state index contributed by atoms with van der Waals surface area (Å²) in [6.45, 7) is 3.62. The van der Waals surface area contributed by atoms with Crippen molar-refractivity contribution in [3.05, 3.63) is 34.7 Å². The molecule has 0 spiro atoms. The van der Waals surface area contributed by atoms with Crippen LogP contribution in [0.3, 0.4) is 0 Å². The van der Waals surface area contributed by atoms with E-state index in [4.69, 9.17) is 16.3 Å². The number of halogens is 1. The normalized spacial score (nSPS) is 18.0. The minimum Gasteiger partial charge on any atom is -0.462 e. The first-order valence-electron chi connectivity index (χ1n) is 7.63. The van der Waals surface area contributed by atoms with Gasteiger partial charge in [0.25, 0.3) is 0 Å². The van der Waals surface area contributed by atoms with Gasteiger partial charge in [-0.15, -0.1) is 10.2 Å². The van der Waals surface area contributed by atoms with Gasteiger partial charge >= 0.3 is 5.97 Å². The molecule has 0 aromatic carbocycles. The Morgan fingerprint density at radius 3 is 3.13 bits per heavy atom. The summed E-state index contributed by atoms with van der Waals surface area (Å²) >= 11 is 5.90. The van der Waals surface area contributed by atoms with Crippen LogP contribution in [-0.2, 0) is 4.74 Å². The van der Waals surface area contributed by atoms with Crippen LogP contribution < -0.4 is 4.90 Å². The van der Waals surface area contributed by atoms with Gasteiger partial charge in [0.15, 0.2) is 11.0 Å². The molecule has 3 heterocycles. The number of hydrogen-bond donors (Lipinski definition) is 1. The van der Waals surface area contributed by atoms with Crippen molar-refractivity contribution in [2.24, 2.45) is 0 Å². The molecule has 1 atom stereocenters. The molecular formula is C15H18ClN5O2. The zero-order valence-electron chi connectivity index (χ0n) is 12.8. The highest BCUT2D eigenvalue weighted by Gasteiger charge is 2.27. The van der Waals surface area contributed by atoms with Crippen molar-refractivity contribution in [2.45, 2.75) is 25.7 Å². The molecule has 1 saturated heterocycles. The second-order valence-electron chi connectivity index (χ2n) is 5.42. The number of anilines is 1. The summed E-state index contributed by atoms with van der Waals surface area (Å²) in [7, 11) is 0. The summed E-state index contributed by atoms with van der Waals surface area (Å²) < 4.78 is 5.11. The Bertz CT molecular complexity index is 677. The summed E-state index contributed by atoms with van der Waals surface area (Å²) in [4.78, 5) is 14.2. The number of rotatable bonds is 4. The molecule has 7 nitrogen and oxygen atoms in total. The molecule has 0 radical (unpaired) electrons. The van der Waals surface area contributed by atoms with E-state index in [1.165, 1.54) is 6.07 Å². The standard InChI is InChI=1S/C15H18ClN5O2/c1-2-23-15(22)11-8-13(16)19-20-14(11)21-7-3-4-10(9-21)12-5-6-17-18-12/h5-6,8,10H,2-4,7,9H2,1H3,(H,17,18). The number of carbonyl (C=O) groups excluding carboxylic acids is 1. The SMILES string of the molecule is CCOC(=O)c1cc(Cl)nnc1N1CCCC(c2ccn[nH]2)C1. The van der Waals surface area contributed by atoms with Crippen LogP contribution in [0.25, 0.3) is 0 Å². The molecule has 0 amide bonds. The second-order valence-corrected chi connectivity index (χ2v) is 5.81. The number of nitrogens with one attached hydrogen (secondary N) is 1. The van der Waals surface area contributed by atoms with Gasteiger partial charge in [0.2, 0.25) is 0 Å². The number of piperidine rings is 1. The number of H-pyrrole nitrogens is 1. The number of nitrogens with zero attached hydrogens (tertiary/aromatic N) is 4. The third-order valence-electron chi connectivity index (χ3n) is 3.92. The van der Waals surface area contributed by atoms with Gasteiger partial charge in [-0.05, 0) is 31.9 Å². The Hall–Kier alpha value is -2.15. The van der Waals surface area contributed by atoms with Crippen molar-refractivity contribution in [1.29, 1.82) is 0 Å². The fourth-order valence-electron chi connectivity index (χ4n) is 2.87. The van der Waals surface area contributed by atoms with Gasteiger partial charge in [-0.25, -0.2) is 4.79 Å². The molecule has 1 fully saturated rings. The summed E-state index contributed by atoms with van der Waals surface area (Å²) in [6.07, 6.45) is 3.81. The highest BCUT2D eigenvalue weighted by atomic mass is 35.5. The van der Waals surface area contributed by atoms with E-state index in [0.29, 0.717) is 23.9 Å². The molecule has 0 bridgehead atoms. The number of carbonyl (C=O) groups is 1. The van der Waals surface area contributed by atoms with Crippen molar-refractivity contribution in [3.63, 3.8) is 0 Å². The van der Waals surface area contributed by atoms with Crippen LogP contribution in [0.4, 0.5) is 5.82 Å². The monoisotopic (exact) mass is 335 g/mol. The van der Waals surface area contributed by atoms with Crippen LogP contribution in [0.1, 0.15) is 41.7 Å². The second kappa shape index (κ2) is 6.95. The summed E-state index contributed by atoms with van der Waals surface area (Å²) in [5.41, 5.74) is 1.45. The van der Waals surface area contributed by atoms with E-state index >= 15 is 0 Å². The Kier molecular flexibility index (Phi) is 4.76. The van der Waals surface area contributed by atoms with Gasteiger partial charge in [-0.2, -0.15) is 5.10 Å². The van der Waals surface area contributed by atoms with Crippen LogP contribution in [0.15, 0.2) is 18.3 Å². The van der Waals surface area contributed by atoms with Crippen molar-refractivity contribution in [2.75, 3.05) is 24.6 Å². The highest BCUT2D eigenvalue weighted by Crippen LogP contribution is 2.30. The van der Waals surface area contributed by atoms with Gasteiger partial charge in [-0.3, -0.25) is 5.10 Å². The summed E-state index contributed by atoms with van der Waals surface area (Å²) in [6, 6.07) is 3.50. The van der Waals surface area contributed by atoms with Crippen LogP contribution in [0, 0.1) is 0 Å². The molecule has 1 unspecified atom stereocenters. The smallest absolute Gasteiger partial charge is 0.342 e. The lowest BCUT2D eigenvalue weighted by molar-refractivity contribution is 0.0526. The zero-order valence-corrected chi connectivity index (χ0v) is 13.6. The van der Waals surface area contributed by atoms with Crippen molar-refractivity contribution >= 4 is 23.4 Å². The predicted molar refractivity (Wildman–Crippen MR) is 85.8 cm³/mol. The third kappa shape index (κ3) is 3.44.